The van der Waals surface area contributed by atoms with Gasteiger partial charge in [0, 0.05) is 18.0 Å². The lowest BCUT2D eigenvalue weighted by molar-refractivity contribution is 0.0533. The summed E-state index contributed by atoms with van der Waals surface area (Å²) in [4.78, 5) is 27.0. The van der Waals surface area contributed by atoms with Crippen molar-refractivity contribution in [2.24, 2.45) is 0 Å². The number of nitrogens with zero attached hydrogens (tertiary/aromatic N) is 1. The molecule has 0 atom stereocenters. The van der Waals surface area contributed by atoms with Gasteiger partial charge in [0.25, 0.3) is 5.91 Å². The molecule has 1 fully saturated rings. The number of benzene rings is 2. The Morgan fingerprint density at radius 2 is 1.81 bits per heavy atom. The van der Waals surface area contributed by atoms with Crippen LogP contribution in [0.3, 0.4) is 0 Å². The van der Waals surface area contributed by atoms with Crippen LogP contribution in [0.5, 0.6) is 5.75 Å². The van der Waals surface area contributed by atoms with E-state index >= 15 is 0 Å². The molecule has 1 aromatic heterocycles. The number of esters is 1. The van der Waals surface area contributed by atoms with Crippen LogP contribution in [0, 0.1) is 0 Å². The number of amides is 1. The summed E-state index contributed by atoms with van der Waals surface area (Å²) in [5, 5.41) is 2.75. The standard InChI is InChI=1S/C25H26N2O7S2/c1-3-34-25(29)23-20(16-22(35-23)17-7-5-4-6-8-17)26-24(28)19-15-18(9-10-21(19)32-2)36(30,31)27-11-13-33-14-12-27/h4-10,15-16H,3,11-14H2,1-2H3,(H,26,28). The summed E-state index contributed by atoms with van der Waals surface area (Å²) in [5.41, 5.74) is 1.17. The molecule has 11 heteroatoms. The van der Waals surface area contributed by atoms with Crippen LogP contribution in [0.15, 0.2) is 59.5 Å². The predicted molar refractivity (Wildman–Crippen MR) is 136 cm³/mol. The van der Waals surface area contributed by atoms with Gasteiger partial charge in [-0.05, 0) is 36.8 Å². The third-order valence-corrected chi connectivity index (χ3v) is 8.58. The summed E-state index contributed by atoms with van der Waals surface area (Å²) >= 11 is 1.20. The fourth-order valence-corrected chi connectivity index (χ4v) is 6.18. The van der Waals surface area contributed by atoms with Crippen LogP contribution in [-0.4, -0.2) is 64.6 Å². The highest BCUT2D eigenvalue weighted by Crippen LogP contribution is 2.36. The SMILES string of the molecule is CCOC(=O)c1sc(-c2ccccc2)cc1NC(=O)c1cc(S(=O)(=O)N2CCOCC2)ccc1OC. The molecule has 1 saturated heterocycles. The van der Waals surface area contributed by atoms with E-state index in [9.17, 15) is 18.0 Å². The van der Waals surface area contributed by atoms with Crippen molar-refractivity contribution in [1.29, 1.82) is 0 Å². The first-order valence-corrected chi connectivity index (χ1v) is 13.5. The molecule has 36 heavy (non-hydrogen) atoms. The zero-order valence-electron chi connectivity index (χ0n) is 19.9. The molecule has 0 unspecified atom stereocenters. The summed E-state index contributed by atoms with van der Waals surface area (Å²) in [7, 11) is -2.44. The second kappa shape index (κ2) is 11.2. The number of rotatable bonds is 8. The van der Waals surface area contributed by atoms with Crippen molar-refractivity contribution in [1.82, 2.24) is 4.31 Å². The summed E-state index contributed by atoms with van der Waals surface area (Å²) in [6.07, 6.45) is 0. The molecular formula is C25H26N2O7S2. The van der Waals surface area contributed by atoms with E-state index in [1.54, 1.807) is 13.0 Å². The third-order valence-electron chi connectivity index (χ3n) is 5.52. The minimum Gasteiger partial charge on any atom is -0.496 e. The number of methoxy groups -OCH3 is 1. The van der Waals surface area contributed by atoms with Crippen molar-refractivity contribution in [2.75, 3.05) is 45.3 Å². The largest absolute Gasteiger partial charge is 0.496 e. The number of carbonyl (C=O) groups excluding carboxylic acids is 2. The maximum absolute atomic E-state index is 13.4. The van der Waals surface area contributed by atoms with Crippen LogP contribution in [0.25, 0.3) is 10.4 Å². The Bertz CT molecular complexity index is 1350. The molecular weight excluding hydrogens is 504 g/mol. The van der Waals surface area contributed by atoms with Gasteiger partial charge in [-0.1, -0.05) is 30.3 Å². The number of anilines is 1. The molecule has 0 bridgehead atoms. The zero-order chi connectivity index (χ0) is 25.7. The number of hydrogen-bond donors (Lipinski definition) is 1. The van der Waals surface area contributed by atoms with Crippen molar-refractivity contribution >= 4 is 38.9 Å². The van der Waals surface area contributed by atoms with E-state index in [-0.39, 0.29) is 46.5 Å². The highest BCUT2D eigenvalue weighted by molar-refractivity contribution is 7.89. The van der Waals surface area contributed by atoms with Crippen LogP contribution >= 0.6 is 11.3 Å². The molecule has 2 aromatic carbocycles. The minimum absolute atomic E-state index is 0.0223. The number of nitrogens with one attached hydrogen (secondary N) is 1. The van der Waals surface area contributed by atoms with Crippen molar-refractivity contribution in [3.8, 4) is 16.2 Å². The van der Waals surface area contributed by atoms with E-state index in [2.05, 4.69) is 5.32 Å². The van der Waals surface area contributed by atoms with Crippen molar-refractivity contribution in [2.45, 2.75) is 11.8 Å². The van der Waals surface area contributed by atoms with Crippen molar-refractivity contribution in [3.05, 3.63) is 65.0 Å². The van der Waals surface area contributed by atoms with Crippen LogP contribution in [0.2, 0.25) is 0 Å². The highest BCUT2D eigenvalue weighted by Gasteiger charge is 2.29. The van der Waals surface area contributed by atoms with E-state index in [4.69, 9.17) is 14.2 Å². The van der Waals surface area contributed by atoms with Gasteiger partial charge in [0.05, 0.1) is 43.1 Å². The summed E-state index contributed by atoms with van der Waals surface area (Å²) in [5.74, 6) is -0.978. The Morgan fingerprint density at radius 1 is 1.08 bits per heavy atom. The lowest BCUT2D eigenvalue weighted by atomic mass is 10.1. The first-order valence-electron chi connectivity index (χ1n) is 11.3. The van der Waals surface area contributed by atoms with Gasteiger partial charge in [-0.3, -0.25) is 4.79 Å². The fourth-order valence-electron chi connectivity index (χ4n) is 3.73. The molecule has 1 N–H and O–H groups in total. The third kappa shape index (κ3) is 5.44. The molecule has 0 radical (unpaired) electrons. The Morgan fingerprint density at radius 3 is 2.47 bits per heavy atom. The number of hydrogen-bond acceptors (Lipinski definition) is 8. The van der Waals surface area contributed by atoms with Gasteiger partial charge >= 0.3 is 5.97 Å². The van der Waals surface area contributed by atoms with E-state index < -0.39 is 21.9 Å². The molecule has 1 amide bonds. The number of thiophene rings is 1. The number of morpholine rings is 1. The first kappa shape index (κ1) is 25.8. The molecule has 190 valence electrons. The molecule has 0 aliphatic carbocycles. The molecule has 9 nitrogen and oxygen atoms in total. The second-order valence-corrected chi connectivity index (χ2v) is 10.8. The zero-order valence-corrected chi connectivity index (χ0v) is 21.5. The maximum atomic E-state index is 13.4. The molecule has 4 rings (SSSR count). The van der Waals surface area contributed by atoms with Crippen LogP contribution in [0.4, 0.5) is 5.69 Å². The fraction of sp³-hybridized carbons (Fsp3) is 0.280. The first-order chi connectivity index (χ1) is 17.3. The van der Waals surface area contributed by atoms with E-state index in [1.807, 2.05) is 30.3 Å². The monoisotopic (exact) mass is 530 g/mol. The molecule has 3 aromatic rings. The van der Waals surface area contributed by atoms with Gasteiger partial charge < -0.3 is 19.5 Å². The van der Waals surface area contributed by atoms with Crippen molar-refractivity contribution in [3.63, 3.8) is 0 Å². The second-order valence-electron chi connectivity index (χ2n) is 7.77. The van der Waals surface area contributed by atoms with Gasteiger partial charge in [-0.2, -0.15) is 4.31 Å². The number of ether oxygens (including phenoxy) is 3. The van der Waals surface area contributed by atoms with Crippen LogP contribution in [0.1, 0.15) is 27.0 Å². The Labute approximate surface area is 213 Å². The van der Waals surface area contributed by atoms with Gasteiger partial charge in [0.15, 0.2) is 0 Å². The number of carbonyl (C=O) groups is 2. The molecule has 0 saturated carbocycles. The number of sulfonamides is 1. The Hall–Kier alpha value is -3.25. The molecule has 0 spiro atoms. The summed E-state index contributed by atoms with van der Waals surface area (Å²) in [6, 6.07) is 15.3. The van der Waals surface area contributed by atoms with Gasteiger partial charge in [-0.25, -0.2) is 13.2 Å². The van der Waals surface area contributed by atoms with Gasteiger partial charge in [-0.15, -0.1) is 11.3 Å². The molecule has 1 aliphatic heterocycles. The lowest BCUT2D eigenvalue weighted by Crippen LogP contribution is -2.40. The normalized spacial score (nSPS) is 14.3. The topological polar surface area (TPSA) is 111 Å². The smallest absolute Gasteiger partial charge is 0.350 e. The maximum Gasteiger partial charge on any atom is 0.350 e. The van der Waals surface area contributed by atoms with Crippen LogP contribution < -0.4 is 10.1 Å². The van der Waals surface area contributed by atoms with E-state index in [1.165, 1.54) is 41.0 Å². The van der Waals surface area contributed by atoms with Gasteiger partial charge in [0.2, 0.25) is 10.0 Å². The quantitative estimate of drug-likeness (QED) is 0.440. The minimum atomic E-state index is -3.83. The molecule has 1 aliphatic rings. The van der Waals surface area contributed by atoms with Gasteiger partial charge in [0.1, 0.15) is 10.6 Å². The lowest BCUT2D eigenvalue weighted by Gasteiger charge is -2.26. The average Bonchev–Trinajstić information content (AvgIpc) is 3.33. The summed E-state index contributed by atoms with van der Waals surface area (Å²) < 4.78 is 43.4. The van der Waals surface area contributed by atoms with Crippen molar-refractivity contribution < 1.29 is 32.2 Å². The Kier molecular flexibility index (Phi) is 8.04. The van der Waals surface area contributed by atoms with Crippen LogP contribution in [-0.2, 0) is 19.5 Å². The average molecular weight is 531 g/mol. The Balaban J connectivity index is 1.69. The highest BCUT2D eigenvalue weighted by atomic mass is 32.2. The van der Waals surface area contributed by atoms with E-state index in [0.717, 1.165) is 10.4 Å². The van der Waals surface area contributed by atoms with E-state index in [0.29, 0.717) is 13.2 Å². The molecule has 2 heterocycles. The predicted octanol–water partition coefficient (Wildman–Crippen LogP) is 3.87. The summed E-state index contributed by atoms with van der Waals surface area (Å²) in [6.45, 7) is 2.96.